The summed E-state index contributed by atoms with van der Waals surface area (Å²) in [7, 11) is 0. The highest BCUT2D eigenvalue weighted by Crippen LogP contribution is 2.32. The van der Waals surface area contributed by atoms with Crippen molar-refractivity contribution >= 4 is 0 Å². The smallest absolute Gasteiger partial charge is 0.146 e. The van der Waals surface area contributed by atoms with Crippen LogP contribution >= 0.6 is 0 Å². The standard InChI is InChI=1S/C16H22N4/c1-13(15-7-8-15)17-11-16-19-18-12-20(16)10-9-14-5-3-2-4-6-14/h2-6,12-13,15,17H,7-11H2,1H3/t13-/m1/s1. The van der Waals surface area contributed by atoms with E-state index in [2.05, 4.69) is 57.3 Å². The Morgan fingerprint density at radius 1 is 1.30 bits per heavy atom. The molecular formula is C16H22N4. The number of aryl methyl sites for hydroxylation is 2. The molecule has 4 heteroatoms. The average Bonchev–Trinajstić information content (AvgIpc) is 3.24. The van der Waals surface area contributed by atoms with Crippen LogP contribution in [-0.2, 0) is 19.5 Å². The molecule has 0 aliphatic heterocycles. The van der Waals surface area contributed by atoms with Gasteiger partial charge in [-0.25, -0.2) is 0 Å². The summed E-state index contributed by atoms with van der Waals surface area (Å²) < 4.78 is 2.15. The molecule has 1 fully saturated rings. The van der Waals surface area contributed by atoms with Crippen molar-refractivity contribution in [1.29, 1.82) is 0 Å². The van der Waals surface area contributed by atoms with E-state index < -0.39 is 0 Å². The third-order valence-corrected chi connectivity index (χ3v) is 4.09. The summed E-state index contributed by atoms with van der Waals surface area (Å²) in [4.78, 5) is 0. The largest absolute Gasteiger partial charge is 0.316 e. The SMILES string of the molecule is C[C@@H](NCc1nncn1CCc1ccccc1)C1CC1. The van der Waals surface area contributed by atoms with Crippen LogP contribution in [-0.4, -0.2) is 20.8 Å². The molecule has 106 valence electrons. The van der Waals surface area contributed by atoms with Crippen molar-refractivity contribution in [2.75, 3.05) is 0 Å². The molecule has 1 heterocycles. The normalized spacial score (nSPS) is 16.2. The van der Waals surface area contributed by atoms with Gasteiger partial charge in [-0.1, -0.05) is 30.3 Å². The van der Waals surface area contributed by atoms with Crippen LogP contribution < -0.4 is 5.32 Å². The first-order chi connectivity index (χ1) is 9.83. The van der Waals surface area contributed by atoms with Crippen molar-refractivity contribution in [2.45, 2.75) is 45.3 Å². The zero-order chi connectivity index (χ0) is 13.8. The molecule has 1 aliphatic carbocycles. The maximum absolute atomic E-state index is 4.23. The molecule has 3 rings (SSSR count). The highest BCUT2D eigenvalue weighted by Gasteiger charge is 2.27. The van der Waals surface area contributed by atoms with Crippen LogP contribution in [0.5, 0.6) is 0 Å². The summed E-state index contributed by atoms with van der Waals surface area (Å²) in [5, 5.41) is 11.8. The van der Waals surface area contributed by atoms with E-state index in [1.54, 1.807) is 0 Å². The molecule has 4 nitrogen and oxygen atoms in total. The van der Waals surface area contributed by atoms with Gasteiger partial charge in [0, 0.05) is 12.6 Å². The second kappa shape index (κ2) is 6.18. The van der Waals surface area contributed by atoms with Gasteiger partial charge >= 0.3 is 0 Å². The Morgan fingerprint density at radius 3 is 2.85 bits per heavy atom. The van der Waals surface area contributed by atoms with Crippen LogP contribution in [0, 0.1) is 5.92 Å². The predicted octanol–water partition coefficient (Wildman–Crippen LogP) is 2.41. The van der Waals surface area contributed by atoms with Gasteiger partial charge in [0.25, 0.3) is 0 Å². The monoisotopic (exact) mass is 270 g/mol. The van der Waals surface area contributed by atoms with E-state index in [1.165, 1.54) is 18.4 Å². The number of benzene rings is 1. The molecule has 0 radical (unpaired) electrons. The molecule has 1 aliphatic rings. The van der Waals surface area contributed by atoms with Crippen LogP contribution in [0.3, 0.4) is 0 Å². The molecule has 0 amide bonds. The summed E-state index contributed by atoms with van der Waals surface area (Å²) in [6.45, 7) is 4.01. The van der Waals surface area contributed by atoms with Gasteiger partial charge in [0.05, 0.1) is 6.54 Å². The van der Waals surface area contributed by atoms with Gasteiger partial charge in [-0.3, -0.25) is 0 Å². The molecular weight excluding hydrogens is 248 g/mol. The molecule has 20 heavy (non-hydrogen) atoms. The van der Waals surface area contributed by atoms with E-state index in [1.807, 2.05) is 6.33 Å². The minimum absolute atomic E-state index is 0.592. The third-order valence-electron chi connectivity index (χ3n) is 4.09. The molecule has 1 N–H and O–H groups in total. The topological polar surface area (TPSA) is 42.7 Å². The number of nitrogens with zero attached hydrogens (tertiary/aromatic N) is 3. The average molecular weight is 270 g/mol. The van der Waals surface area contributed by atoms with E-state index in [-0.39, 0.29) is 0 Å². The lowest BCUT2D eigenvalue weighted by molar-refractivity contribution is 0.476. The molecule has 2 aromatic rings. The van der Waals surface area contributed by atoms with Crippen LogP contribution in [0.2, 0.25) is 0 Å². The van der Waals surface area contributed by atoms with Crippen molar-refractivity contribution in [3.8, 4) is 0 Å². The molecule has 1 aromatic heterocycles. The first-order valence-corrected chi connectivity index (χ1v) is 7.47. The van der Waals surface area contributed by atoms with E-state index >= 15 is 0 Å². The highest BCUT2D eigenvalue weighted by atomic mass is 15.3. The number of nitrogens with one attached hydrogen (secondary N) is 1. The van der Waals surface area contributed by atoms with Gasteiger partial charge < -0.3 is 9.88 Å². The van der Waals surface area contributed by atoms with Crippen molar-refractivity contribution in [3.63, 3.8) is 0 Å². The number of aromatic nitrogens is 3. The zero-order valence-corrected chi connectivity index (χ0v) is 12.0. The fraction of sp³-hybridized carbons (Fsp3) is 0.500. The number of hydrogen-bond donors (Lipinski definition) is 1. The summed E-state index contributed by atoms with van der Waals surface area (Å²) in [6, 6.07) is 11.1. The molecule has 1 aromatic carbocycles. The fourth-order valence-electron chi connectivity index (χ4n) is 2.51. The van der Waals surface area contributed by atoms with Crippen LogP contribution in [0.25, 0.3) is 0 Å². The zero-order valence-electron chi connectivity index (χ0n) is 12.0. The highest BCUT2D eigenvalue weighted by molar-refractivity contribution is 5.14. The second-order valence-corrected chi connectivity index (χ2v) is 5.68. The maximum Gasteiger partial charge on any atom is 0.146 e. The van der Waals surface area contributed by atoms with Crippen molar-refractivity contribution < 1.29 is 0 Å². The summed E-state index contributed by atoms with van der Waals surface area (Å²) in [6.07, 6.45) is 5.59. The molecule has 0 saturated heterocycles. The van der Waals surface area contributed by atoms with Gasteiger partial charge in [-0.05, 0) is 37.7 Å². The number of rotatable bonds is 7. The lowest BCUT2D eigenvalue weighted by atomic mass is 10.1. The van der Waals surface area contributed by atoms with E-state index in [0.717, 1.165) is 31.3 Å². The molecule has 1 saturated carbocycles. The molecule has 0 spiro atoms. The minimum atomic E-state index is 0.592. The minimum Gasteiger partial charge on any atom is -0.316 e. The van der Waals surface area contributed by atoms with E-state index in [4.69, 9.17) is 0 Å². The lowest BCUT2D eigenvalue weighted by Crippen LogP contribution is -2.28. The Kier molecular flexibility index (Phi) is 4.11. The van der Waals surface area contributed by atoms with E-state index in [9.17, 15) is 0 Å². The van der Waals surface area contributed by atoms with Crippen LogP contribution in [0.4, 0.5) is 0 Å². The molecule has 0 unspecified atom stereocenters. The van der Waals surface area contributed by atoms with Gasteiger partial charge in [0.1, 0.15) is 12.2 Å². The molecule has 0 bridgehead atoms. The Bertz CT molecular complexity index is 530. The van der Waals surface area contributed by atoms with Crippen LogP contribution in [0.1, 0.15) is 31.2 Å². The van der Waals surface area contributed by atoms with Gasteiger partial charge in [-0.2, -0.15) is 0 Å². The number of hydrogen-bond acceptors (Lipinski definition) is 3. The first-order valence-electron chi connectivity index (χ1n) is 7.47. The van der Waals surface area contributed by atoms with Crippen molar-refractivity contribution in [3.05, 3.63) is 48.0 Å². The Labute approximate surface area is 120 Å². The first kappa shape index (κ1) is 13.3. The maximum atomic E-state index is 4.23. The Balaban J connectivity index is 1.53. The fourth-order valence-corrected chi connectivity index (χ4v) is 2.51. The van der Waals surface area contributed by atoms with Crippen LogP contribution in [0.15, 0.2) is 36.7 Å². The van der Waals surface area contributed by atoms with E-state index in [0.29, 0.717) is 6.04 Å². The third kappa shape index (κ3) is 3.45. The summed E-state index contributed by atoms with van der Waals surface area (Å²) >= 11 is 0. The Hall–Kier alpha value is -1.68. The lowest BCUT2D eigenvalue weighted by Gasteiger charge is -2.13. The summed E-state index contributed by atoms with van der Waals surface area (Å²) in [5.74, 6) is 1.91. The second-order valence-electron chi connectivity index (χ2n) is 5.68. The van der Waals surface area contributed by atoms with Crippen molar-refractivity contribution in [2.24, 2.45) is 5.92 Å². The van der Waals surface area contributed by atoms with Gasteiger partial charge in [0.2, 0.25) is 0 Å². The quantitative estimate of drug-likeness (QED) is 0.840. The van der Waals surface area contributed by atoms with Gasteiger partial charge in [0.15, 0.2) is 0 Å². The Morgan fingerprint density at radius 2 is 2.10 bits per heavy atom. The molecule has 1 atom stereocenters. The summed E-state index contributed by atoms with van der Waals surface area (Å²) in [5.41, 5.74) is 1.35. The van der Waals surface area contributed by atoms with Crippen molar-refractivity contribution in [1.82, 2.24) is 20.1 Å². The van der Waals surface area contributed by atoms with Gasteiger partial charge in [-0.15, -0.1) is 10.2 Å². The predicted molar refractivity (Wildman–Crippen MR) is 79.2 cm³/mol.